The lowest BCUT2D eigenvalue weighted by molar-refractivity contribution is 0.614. The van der Waals surface area contributed by atoms with Crippen molar-refractivity contribution < 1.29 is 0 Å². The van der Waals surface area contributed by atoms with Gasteiger partial charge in [0.2, 0.25) is 0 Å². The first-order valence-corrected chi connectivity index (χ1v) is 6.95. The summed E-state index contributed by atoms with van der Waals surface area (Å²) in [6.45, 7) is 7.04. The Morgan fingerprint density at radius 2 is 2.05 bits per heavy atom. The Morgan fingerprint density at radius 1 is 1.26 bits per heavy atom. The maximum Gasteiger partial charge on any atom is 0.191 e. The number of aliphatic imine (C=N–C) groups is 1. The molecule has 0 aromatic heterocycles. The zero-order valence-electron chi connectivity index (χ0n) is 11.8. The van der Waals surface area contributed by atoms with Gasteiger partial charge in [0.1, 0.15) is 0 Å². The molecule has 0 amide bonds. The third kappa shape index (κ3) is 4.37. The van der Waals surface area contributed by atoms with Gasteiger partial charge in [-0.15, -0.1) is 24.0 Å². The molecule has 1 aliphatic carbocycles. The second kappa shape index (κ2) is 8.40. The van der Waals surface area contributed by atoms with Gasteiger partial charge in [0.05, 0.1) is 0 Å². The zero-order chi connectivity index (χ0) is 12.8. The van der Waals surface area contributed by atoms with Gasteiger partial charge in [-0.05, 0) is 30.9 Å². The first-order valence-electron chi connectivity index (χ1n) is 6.95. The van der Waals surface area contributed by atoms with Crippen molar-refractivity contribution >= 4 is 29.9 Å². The minimum atomic E-state index is 0. The Morgan fingerprint density at radius 3 is 2.74 bits per heavy atom. The number of rotatable bonds is 5. The van der Waals surface area contributed by atoms with Gasteiger partial charge >= 0.3 is 0 Å². The van der Waals surface area contributed by atoms with Gasteiger partial charge in [0, 0.05) is 25.6 Å². The number of hydrogen-bond donors (Lipinski definition) is 2. The van der Waals surface area contributed by atoms with E-state index in [9.17, 15) is 0 Å². The third-order valence-electron chi connectivity index (χ3n) is 3.32. The molecule has 1 aromatic rings. The fraction of sp³-hybridized carbons (Fsp3) is 0.533. The molecule has 0 spiro atoms. The number of guanidine groups is 1. The highest BCUT2D eigenvalue weighted by Gasteiger charge is 2.24. The van der Waals surface area contributed by atoms with E-state index >= 15 is 0 Å². The van der Waals surface area contributed by atoms with Crippen molar-refractivity contribution in [1.82, 2.24) is 10.6 Å². The standard InChI is InChI=1S/C15H23N3.HI/c1-3-9-17-15(16-4-2)18-11-13-10-12-7-5-6-8-14(12)13;/h5-8,13H,3-4,9-11H2,1-2H3,(H2,16,17,18);1H. The number of fused-ring (bicyclic) bond motifs is 1. The van der Waals surface area contributed by atoms with Gasteiger partial charge in [-0.3, -0.25) is 4.99 Å². The Kier molecular flexibility index (Phi) is 7.20. The van der Waals surface area contributed by atoms with Crippen molar-refractivity contribution in [2.45, 2.75) is 32.6 Å². The van der Waals surface area contributed by atoms with Crippen molar-refractivity contribution in [2.24, 2.45) is 4.99 Å². The molecule has 1 aromatic carbocycles. The molecule has 0 saturated carbocycles. The summed E-state index contributed by atoms with van der Waals surface area (Å²) in [5.41, 5.74) is 2.97. The average Bonchev–Trinajstić information content (AvgIpc) is 2.37. The predicted octanol–water partition coefficient (Wildman–Crippen LogP) is 2.91. The summed E-state index contributed by atoms with van der Waals surface area (Å²) in [7, 11) is 0. The normalized spacial score (nSPS) is 16.9. The van der Waals surface area contributed by atoms with E-state index < -0.39 is 0 Å². The fourth-order valence-electron chi connectivity index (χ4n) is 2.31. The molecule has 106 valence electrons. The first-order chi connectivity index (χ1) is 8.85. The molecule has 0 bridgehead atoms. The van der Waals surface area contributed by atoms with Crippen LogP contribution in [0, 0.1) is 0 Å². The zero-order valence-corrected chi connectivity index (χ0v) is 14.1. The molecule has 1 atom stereocenters. The summed E-state index contributed by atoms with van der Waals surface area (Å²) in [5.74, 6) is 1.56. The van der Waals surface area contributed by atoms with Crippen LogP contribution in [-0.2, 0) is 6.42 Å². The van der Waals surface area contributed by atoms with Crippen molar-refractivity contribution in [2.75, 3.05) is 19.6 Å². The van der Waals surface area contributed by atoms with E-state index in [2.05, 4.69) is 53.7 Å². The van der Waals surface area contributed by atoms with Gasteiger partial charge in [-0.2, -0.15) is 0 Å². The third-order valence-corrected chi connectivity index (χ3v) is 3.32. The van der Waals surface area contributed by atoms with E-state index in [4.69, 9.17) is 0 Å². The molecule has 0 radical (unpaired) electrons. The van der Waals surface area contributed by atoms with E-state index in [0.717, 1.165) is 32.0 Å². The summed E-state index contributed by atoms with van der Waals surface area (Å²) < 4.78 is 0. The van der Waals surface area contributed by atoms with Crippen LogP contribution in [0.15, 0.2) is 29.3 Å². The van der Waals surface area contributed by atoms with Crippen molar-refractivity contribution in [3.05, 3.63) is 35.4 Å². The maximum absolute atomic E-state index is 4.67. The van der Waals surface area contributed by atoms with Crippen LogP contribution < -0.4 is 10.6 Å². The van der Waals surface area contributed by atoms with Crippen LogP contribution in [-0.4, -0.2) is 25.6 Å². The van der Waals surface area contributed by atoms with E-state index in [1.165, 1.54) is 17.5 Å². The van der Waals surface area contributed by atoms with E-state index in [-0.39, 0.29) is 24.0 Å². The molecule has 1 unspecified atom stereocenters. The monoisotopic (exact) mass is 373 g/mol. The Bertz CT molecular complexity index is 418. The van der Waals surface area contributed by atoms with Gasteiger partial charge < -0.3 is 10.6 Å². The SMILES string of the molecule is CCCNC(=NCC1Cc2ccccc21)NCC.I. The van der Waals surface area contributed by atoms with Crippen molar-refractivity contribution in [1.29, 1.82) is 0 Å². The number of benzene rings is 1. The molecule has 0 saturated heterocycles. The Balaban J connectivity index is 0.00000180. The van der Waals surface area contributed by atoms with Crippen LogP contribution in [0.3, 0.4) is 0 Å². The fourth-order valence-corrected chi connectivity index (χ4v) is 2.31. The number of halogens is 1. The van der Waals surface area contributed by atoms with E-state index in [0.29, 0.717) is 5.92 Å². The summed E-state index contributed by atoms with van der Waals surface area (Å²) in [6.07, 6.45) is 2.30. The lowest BCUT2D eigenvalue weighted by Gasteiger charge is -2.28. The molecule has 2 N–H and O–H groups in total. The molecule has 0 fully saturated rings. The minimum absolute atomic E-state index is 0. The van der Waals surface area contributed by atoms with E-state index in [1.54, 1.807) is 0 Å². The van der Waals surface area contributed by atoms with Crippen LogP contribution in [0.2, 0.25) is 0 Å². The number of hydrogen-bond acceptors (Lipinski definition) is 1. The van der Waals surface area contributed by atoms with Crippen LogP contribution in [0.1, 0.15) is 37.3 Å². The average molecular weight is 373 g/mol. The van der Waals surface area contributed by atoms with Gasteiger partial charge in [-0.1, -0.05) is 31.2 Å². The molecule has 4 heteroatoms. The molecule has 19 heavy (non-hydrogen) atoms. The topological polar surface area (TPSA) is 36.4 Å². The van der Waals surface area contributed by atoms with Crippen LogP contribution in [0.4, 0.5) is 0 Å². The quantitative estimate of drug-likeness (QED) is 0.473. The predicted molar refractivity (Wildman–Crippen MR) is 92.6 cm³/mol. The maximum atomic E-state index is 4.67. The smallest absolute Gasteiger partial charge is 0.191 e. The lowest BCUT2D eigenvalue weighted by Crippen LogP contribution is -2.38. The second-order valence-electron chi connectivity index (χ2n) is 4.75. The van der Waals surface area contributed by atoms with Crippen LogP contribution in [0.25, 0.3) is 0 Å². The summed E-state index contributed by atoms with van der Waals surface area (Å²) in [6, 6.07) is 8.68. The largest absolute Gasteiger partial charge is 0.357 e. The number of nitrogens with zero attached hydrogens (tertiary/aromatic N) is 1. The highest BCUT2D eigenvalue weighted by atomic mass is 127. The molecule has 2 rings (SSSR count). The van der Waals surface area contributed by atoms with Crippen molar-refractivity contribution in [3.63, 3.8) is 0 Å². The molecule has 1 aliphatic rings. The van der Waals surface area contributed by atoms with Crippen molar-refractivity contribution in [3.8, 4) is 0 Å². The lowest BCUT2D eigenvalue weighted by atomic mass is 9.78. The van der Waals surface area contributed by atoms with Crippen LogP contribution in [0.5, 0.6) is 0 Å². The summed E-state index contributed by atoms with van der Waals surface area (Å²) in [5, 5.41) is 6.62. The number of nitrogens with one attached hydrogen (secondary N) is 2. The summed E-state index contributed by atoms with van der Waals surface area (Å²) >= 11 is 0. The van der Waals surface area contributed by atoms with Gasteiger partial charge in [0.25, 0.3) is 0 Å². The summed E-state index contributed by atoms with van der Waals surface area (Å²) in [4.78, 5) is 4.67. The minimum Gasteiger partial charge on any atom is -0.357 e. The molecular weight excluding hydrogens is 349 g/mol. The molecule has 0 aliphatic heterocycles. The Labute approximate surface area is 133 Å². The molecular formula is C15H24IN3. The molecule has 3 nitrogen and oxygen atoms in total. The van der Waals surface area contributed by atoms with Gasteiger partial charge in [0.15, 0.2) is 5.96 Å². The van der Waals surface area contributed by atoms with Crippen LogP contribution >= 0.6 is 24.0 Å². The van der Waals surface area contributed by atoms with Gasteiger partial charge in [-0.25, -0.2) is 0 Å². The Hall–Kier alpha value is -0.780. The first kappa shape index (κ1) is 16.3. The molecule has 0 heterocycles. The highest BCUT2D eigenvalue weighted by molar-refractivity contribution is 14.0. The second-order valence-corrected chi connectivity index (χ2v) is 4.75. The van der Waals surface area contributed by atoms with E-state index in [1.807, 2.05) is 0 Å². The highest BCUT2D eigenvalue weighted by Crippen LogP contribution is 2.34.